The van der Waals surface area contributed by atoms with Crippen LogP contribution in [-0.2, 0) is 15.0 Å². The highest BCUT2D eigenvalue weighted by Gasteiger charge is 2.34. The monoisotopic (exact) mass is 280 g/mol. The number of likely N-dealkylation sites (N-methyl/N-ethyl adjacent to an activating group) is 1. The Morgan fingerprint density at radius 3 is 2.67 bits per heavy atom. The molecule has 7 nitrogen and oxygen atoms in total. The zero-order chi connectivity index (χ0) is 13.9. The fourth-order valence-corrected chi connectivity index (χ4v) is 3.54. The second kappa shape index (κ2) is 5.96. The molecular weight excluding hydrogens is 260 g/mol. The lowest BCUT2D eigenvalue weighted by atomic mass is 10.0. The molecule has 1 aliphatic heterocycles. The van der Waals surface area contributed by atoms with Crippen molar-refractivity contribution in [3.05, 3.63) is 0 Å². The van der Waals surface area contributed by atoms with E-state index in [1.807, 2.05) is 0 Å². The van der Waals surface area contributed by atoms with Crippen LogP contribution in [0.15, 0.2) is 0 Å². The van der Waals surface area contributed by atoms with Gasteiger partial charge < -0.3 is 10.2 Å². The number of aliphatic carboxylic acids is 1. The third-order valence-electron chi connectivity index (χ3n) is 2.97. The highest BCUT2D eigenvalue weighted by Crippen LogP contribution is 2.20. The predicted octanol–water partition coefficient (Wildman–Crippen LogP) is -0.660. The number of piperidine rings is 1. The summed E-state index contributed by atoms with van der Waals surface area (Å²) in [6.45, 7) is 1.83. The van der Waals surface area contributed by atoms with Crippen molar-refractivity contribution >= 4 is 16.2 Å². The van der Waals surface area contributed by atoms with Crippen LogP contribution in [0.25, 0.3) is 0 Å². The average molecular weight is 280 g/mol. The van der Waals surface area contributed by atoms with Crippen molar-refractivity contribution in [1.29, 1.82) is 0 Å². The van der Waals surface area contributed by atoms with Crippen molar-refractivity contribution in [3.63, 3.8) is 0 Å². The van der Waals surface area contributed by atoms with Gasteiger partial charge in [0, 0.05) is 26.7 Å². The van der Waals surface area contributed by atoms with Crippen molar-refractivity contribution in [1.82, 2.24) is 8.61 Å². The number of rotatable bonds is 5. The molecule has 1 aliphatic rings. The van der Waals surface area contributed by atoms with E-state index in [0.717, 1.165) is 4.31 Å². The molecule has 1 rings (SSSR count). The SMILES string of the molecule is CC(O)CN(C)S(=O)(=O)N1CCCC(C(=O)O)C1. The molecule has 18 heavy (non-hydrogen) atoms. The van der Waals surface area contributed by atoms with Crippen molar-refractivity contribution in [3.8, 4) is 0 Å². The van der Waals surface area contributed by atoms with Gasteiger partial charge in [-0.25, -0.2) is 0 Å². The summed E-state index contributed by atoms with van der Waals surface area (Å²) in [5.74, 6) is -1.61. The Hall–Kier alpha value is -0.700. The molecule has 0 aromatic rings. The number of carboxylic acid groups (broad SMARTS) is 1. The Kier molecular flexibility index (Phi) is 5.09. The lowest BCUT2D eigenvalue weighted by molar-refractivity contribution is -0.142. The van der Waals surface area contributed by atoms with Gasteiger partial charge in [-0.15, -0.1) is 0 Å². The summed E-state index contributed by atoms with van der Waals surface area (Å²) in [6, 6.07) is 0. The molecule has 0 saturated carbocycles. The third-order valence-corrected chi connectivity index (χ3v) is 4.90. The molecule has 0 aromatic carbocycles. The molecule has 2 N–H and O–H groups in total. The Balaban J connectivity index is 2.75. The van der Waals surface area contributed by atoms with Crippen molar-refractivity contribution in [2.45, 2.75) is 25.9 Å². The van der Waals surface area contributed by atoms with Crippen molar-refractivity contribution in [2.24, 2.45) is 5.92 Å². The first-order valence-electron chi connectivity index (χ1n) is 5.87. The summed E-state index contributed by atoms with van der Waals surface area (Å²) in [6.07, 6.45) is 0.282. The second-order valence-electron chi connectivity index (χ2n) is 4.67. The van der Waals surface area contributed by atoms with Crippen LogP contribution >= 0.6 is 0 Å². The fraction of sp³-hybridized carbons (Fsp3) is 0.900. The van der Waals surface area contributed by atoms with Crippen LogP contribution in [-0.4, -0.2) is 66.0 Å². The lowest BCUT2D eigenvalue weighted by Gasteiger charge is -2.33. The van der Waals surface area contributed by atoms with Crippen LogP contribution in [0, 0.1) is 5.92 Å². The number of carboxylic acids is 1. The first kappa shape index (κ1) is 15.4. The molecule has 0 radical (unpaired) electrons. The van der Waals surface area contributed by atoms with Gasteiger partial charge in [-0.1, -0.05) is 0 Å². The maximum atomic E-state index is 12.1. The van der Waals surface area contributed by atoms with Gasteiger partial charge in [0.2, 0.25) is 0 Å². The zero-order valence-electron chi connectivity index (χ0n) is 10.6. The van der Waals surface area contributed by atoms with E-state index in [2.05, 4.69) is 0 Å². The Bertz CT molecular complexity index is 395. The van der Waals surface area contributed by atoms with Gasteiger partial charge in [0.25, 0.3) is 10.2 Å². The van der Waals surface area contributed by atoms with E-state index < -0.39 is 28.2 Å². The molecule has 0 spiro atoms. The predicted molar refractivity (Wildman–Crippen MR) is 65.2 cm³/mol. The van der Waals surface area contributed by atoms with Gasteiger partial charge in [0.05, 0.1) is 12.0 Å². The standard InChI is InChI=1S/C10H20N2O5S/c1-8(13)6-11(2)18(16,17)12-5-3-4-9(7-12)10(14)15/h8-9,13H,3-7H2,1-2H3,(H,14,15). The number of carbonyl (C=O) groups is 1. The highest BCUT2D eigenvalue weighted by molar-refractivity contribution is 7.86. The molecule has 0 aromatic heterocycles. The van der Waals surface area contributed by atoms with Gasteiger partial charge in [-0.05, 0) is 19.8 Å². The first-order chi connectivity index (χ1) is 8.25. The van der Waals surface area contributed by atoms with E-state index in [0.29, 0.717) is 19.4 Å². The van der Waals surface area contributed by atoms with Crippen LogP contribution < -0.4 is 0 Å². The van der Waals surface area contributed by atoms with Crippen molar-refractivity contribution < 1.29 is 23.4 Å². The van der Waals surface area contributed by atoms with E-state index in [-0.39, 0.29) is 13.1 Å². The summed E-state index contributed by atoms with van der Waals surface area (Å²) in [7, 11) is -2.30. The smallest absolute Gasteiger partial charge is 0.307 e. The molecule has 1 fully saturated rings. The summed E-state index contributed by atoms with van der Waals surface area (Å²) < 4.78 is 26.5. The minimum absolute atomic E-state index is 0.00180. The van der Waals surface area contributed by atoms with Gasteiger partial charge >= 0.3 is 5.97 Å². The number of nitrogens with zero attached hydrogens (tertiary/aromatic N) is 2. The second-order valence-corrected chi connectivity index (χ2v) is 6.71. The maximum Gasteiger partial charge on any atom is 0.307 e. The average Bonchev–Trinajstić information content (AvgIpc) is 2.28. The van der Waals surface area contributed by atoms with E-state index in [4.69, 9.17) is 5.11 Å². The molecule has 2 atom stereocenters. The van der Waals surface area contributed by atoms with E-state index >= 15 is 0 Å². The van der Waals surface area contributed by atoms with E-state index in [9.17, 15) is 18.3 Å². The normalized spacial score (nSPS) is 24.1. The van der Waals surface area contributed by atoms with E-state index in [1.54, 1.807) is 0 Å². The first-order valence-corrected chi connectivity index (χ1v) is 7.27. The summed E-state index contributed by atoms with van der Waals surface area (Å²) in [5, 5.41) is 18.1. The minimum atomic E-state index is -3.68. The number of aliphatic hydroxyl groups is 1. The molecule has 1 heterocycles. The number of hydrogen-bond donors (Lipinski definition) is 2. The highest BCUT2D eigenvalue weighted by atomic mass is 32.2. The molecule has 0 amide bonds. The summed E-state index contributed by atoms with van der Waals surface area (Å²) in [4.78, 5) is 10.9. The molecule has 106 valence electrons. The van der Waals surface area contributed by atoms with Gasteiger partial charge in [-0.3, -0.25) is 4.79 Å². The van der Waals surface area contributed by atoms with Crippen LogP contribution in [0.3, 0.4) is 0 Å². The maximum absolute atomic E-state index is 12.1. The van der Waals surface area contributed by atoms with Crippen LogP contribution in [0.1, 0.15) is 19.8 Å². The Labute approximate surface area is 107 Å². The Morgan fingerprint density at radius 2 is 2.17 bits per heavy atom. The molecule has 0 bridgehead atoms. The minimum Gasteiger partial charge on any atom is -0.481 e. The van der Waals surface area contributed by atoms with Gasteiger partial charge in [-0.2, -0.15) is 17.0 Å². The fourth-order valence-electron chi connectivity index (χ4n) is 2.02. The molecule has 0 aliphatic carbocycles. The number of aliphatic hydroxyl groups excluding tert-OH is 1. The summed E-state index contributed by atoms with van der Waals surface area (Å²) in [5.41, 5.74) is 0. The van der Waals surface area contributed by atoms with Gasteiger partial charge in [0.1, 0.15) is 0 Å². The van der Waals surface area contributed by atoms with E-state index in [1.165, 1.54) is 18.3 Å². The van der Waals surface area contributed by atoms with Crippen LogP contribution in [0.5, 0.6) is 0 Å². The quantitative estimate of drug-likeness (QED) is 0.696. The largest absolute Gasteiger partial charge is 0.481 e. The summed E-state index contributed by atoms with van der Waals surface area (Å²) >= 11 is 0. The lowest BCUT2D eigenvalue weighted by Crippen LogP contribution is -2.49. The molecule has 8 heteroatoms. The van der Waals surface area contributed by atoms with Crippen LogP contribution in [0.4, 0.5) is 0 Å². The van der Waals surface area contributed by atoms with Gasteiger partial charge in [0.15, 0.2) is 0 Å². The zero-order valence-corrected chi connectivity index (χ0v) is 11.4. The molecular formula is C10H20N2O5S. The van der Waals surface area contributed by atoms with Crippen molar-refractivity contribution in [2.75, 3.05) is 26.7 Å². The molecule has 1 saturated heterocycles. The third kappa shape index (κ3) is 3.64. The number of hydrogen-bond acceptors (Lipinski definition) is 4. The topological polar surface area (TPSA) is 98.2 Å². The van der Waals surface area contributed by atoms with Crippen LogP contribution in [0.2, 0.25) is 0 Å². The Morgan fingerprint density at radius 1 is 1.56 bits per heavy atom. The molecule has 2 unspecified atom stereocenters.